The van der Waals surface area contributed by atoms with Crippen LogP contribution in [0.5, 0.6) is 0 Å². The van der Waals surface area contributed by atoms with E-state index < -0.39 is 23.2 Å². The third kappa shape index (κ3) is 2.51. The molecule has 2 bridgehead atoms. The van der Waals surface area contributed by atoms with Gasteiger partial charge in [-0.3, -0.25) is 4.90 Å². The van der Waals surface area contributed by atoms with Gasteiger partial charge >= 0.3 is 5.97 Å². The third-order valence-electron chi connectivity index (χ3n) is 7.03. The molecule has 1 saturated carbocycles. The van der Waals surface area contributed by atoms with E-state index >= 15 is 0 Å². The lowest BCUT2D eigenvalue weighted by Crippen LogP contribution is -2.55. The Morgan fingerprint density at radius 3 is 2.43 bits per heavy atom. The van der Waals surface area contributed by atoms with Gasteiger partial charge in [-0.25, -0.2) is 4.79 Å². The van der Waals surface area contributed by atoms with Gasteiger partial charge in [-0.15, -0.1) is 0 Å². The lowest BCUT2D eigenvalue weighted by Gasteiger charge is -2.50. The predicted molar refractivity (Wildman–Crippen MR) is 107 cm³/mol. The molecule has 2 heterocycles. The van der Waals surface area contributed by atoms with Crippen LogP contribution in [0.2, 0.25) is 0 Å². The Balaban J connectivity index is 1.92. The van der Waals surface area contributed by atoms with E-state index in [9.17, 15) is 20.6 Å². The summed E-state index contributed by atoms with van der Waals surface area (Å²) in [7, 11) is 3.34. The monoisotopic (exact) mass is 399 g/mol. The number of nitrogens with zero attached hydrogens (tertiary/aromatic N) is 4. The molecule has 7 heteroatoms. The van der Waals surface area contributed by atoms with Gasteiger partial charge in [0.15, 0.2) is 5.41 Å². The van der Waals surface area contributed by atoms with E-state index in [-0.39, 0.29) is 23.7 Å². The fourth-order valence-corrected chi connectivity index (χ4v) is 5.54. The summed E-state index contributed by atoms with van der Waals surface area (Å²) >= 11 is 0. The molecule has 30 heavy (non-hydrogen) atoms. The van der Waals surface area contributed by atoms with Crippen molar-refractivity contribution in [3.05, 3.63) is 47.0 Å². The first-order valence-corrected chi connectivity index (χ1v) is 9.86. The van der Waals surface area contributed by atoms with Gasteiger partial charge in [-0.05, 0) is 43.2 Å². The summed E-state index contributed by atoms with van der Waals surface area (Å²) in [5.41, 5.74) is 0.0474. The quantitative estimate of drug-likeness (QED) is 0.602. The van der Waals surface area contributed by atoms with Crippen LogP contribution in [0.3, 0.4) is 0 Å². The molecule has 2 fully saturated rings. The molecule has 1 aliphatic carbocycles. The van der Waals surface area contributed by atoms with Crippen molar-refractivity contribution < 1.29 is 9.53 Å². The minimum absolute atomic E-state index is 0.0882. The number of nitriles is 3. The molecule has 3 unspecified atom stereocenters. The first-order chi connectivity index (χ1) is 14.4. The van der Waals surface area contributed by atoms with Gasteiger partial charge in [0.1, 0.15) is 5.92 Å². The summed E-state index contributed by atoms with van der Waals surface area (Å²) < 4.78 is 4.76. The maximum atomic E-state index is 11.8. The van der Waals surface area contributed by atoms with Crippen LogP contribution in [-0.4, -0.2) is 42.8 Å². The normalized spacial score (nSPS) is 31.5. The molecular formula is C23H21N5O2. The van der Waals surface area contributed by atoms with E-state index in [1.165, 1.54) is 7.11 Å². The number of benzene rings is 1. The van der Waals surface area contributed by atoms with Crippen molar-refractivity contribution in [2.45, 2.75) is 30.8 Å². The number of esters is 1. The summed E-state index contributed by atoms with van der Waals surface area (Å²) in [4.78, 5) is 14.1. The Hall–Kier alpha value is -3.47. The van der Waals surface area contributed by atoms with Gasteiger partial charge in [0, 0.05) is 23.9 Å². The molecular weight excluding hydrogens is 378 g/mol. The number of carbonyl (C=O) groups excluding carboxylic acids is 1. The van der Waals surface area contributed by atoms with Gasteiger partial charge < -0.3 is 10.1 Å². The van der Waals surface area contributed by atoms with Crippen LogP contribution in [0.15, 0.2) is 35.9 Å². The minimum atomic E-state index is -1.74. The Kier molecular flexibility index (Phi) is 4.69. The number of likely N-dealkylation sites (N-methyl/N-ethyl adjacent to an activating group) is 1. The standard InChI is InChI=1S/C23H21N5O2/c1-28-15-7-8-18(28)19-16(9-15)17(10-24)21(27)23(11-25,12-26)20(19)13-3-5-14(6-4-13)22(29)30-2/h3-6,9,15,17-20,27H,7-8H2,1-2H3/t15?,17?,18?,19-,20-/m1/s1. The smallest absolute Gasteiger partial charge is 0.337 e. The number of hydrogen-bond donors (Lipinski definition) is 1. The molecule has 1 N–H and O–H groups in total. The Labute approximate surface area is 175 Å². The lowest BCUT2D eigenvalue weighted by atomic mass is 9.53. The van der Waals surface area contributed by atoms with Gasteiger partial charge in [0.25, 0.3) is 0 Å². The molecule has 4 rings (SSSR count). The maximum absolute atomic E-state index is 11.8. The van der Waals surface area contributed by atoms with E-state index in [2.05, 4.69) is 29.2 Å². The van der Waals surface area contributed by atoms with E-state index in [1.54, 1.807) is 24.3 Å². The van der Waals surface area contributed by atoms with Crippen LogP contribution in [-0.2, 0) is 4.74 Å². The Morgan fingerprint density at radius 2 is 1.87 bits per heavy atom. The van der Waals surface area contributed by atoms with E-state index in [0.717, 1.165) is 18.4 Å². The highest BCUT2D eigenvalue weighted by Gasteiger charge is 2.61. The van der Waals surface area contributed by atoms with Gasteiger partial charge in [0.2, 0.25) is 0 Å². The molecule has 7 nitrogen and oxygen atoms in total. The van der Waals surface area contributed by atoms with Crippen LogP contribution in [0, 0.1) is 56.7 Å². The summed E-state index contributed by atoms with van der Waals surface area (Å²) in [5.74, 6) is -2.16. The fraction of sp³-hybridized carbons (Fsp3) is 0.435. The van der Waals surface area contributed by atoms with E-state index in [0.29, 0.717) is 11.1 Å². The average molecular weight is 399 g/mol. The van der Waals surface area contributed by atoms with Crippen LogP contribution in [0.25, 0.3) is 0 Å². The molecule has 0 aromatic heterocycles. The van der Waals surface area contributed by atoms with E-state index in [4.69, 9.17) is 10.1 Å². The van der Waals surface area contributed by atoms with Crippen molar-refractivity contribution in [3.63, 3.8) is 0 Å². The zero-order valence-electron chi connectivity index (χ0n) is 16.8. The Morgan fingerprint density at radius 1 is 1.20 bits per heavy atom. The average Bonchev–Trinajstić information content (AvgIpc) is 3.01. The zero-order chi connectivity index (χ0) is 21.6. The number of nitrogens with one attached hydrogen (secondary N) is 1. The summed E-state index contributed by atoms with van der Waals surface area (Å²) in [5, 5.41) is 38.8. The summed E-state index contributed by atoms with van der Waals surface area (Å²) in [6.07, 6.45) is 3.93. The summed E-state index contributed by atoms with van der Waals surface area (Å²) in [6.45, 7) is 0. The molecule has 5 atom stereocenters. The first kappa shape index (κ1) is 19.8. The minimum Gasteiger partial charge on any atom is -0.465 e. The molecule has 3 aliphatic rings. The number of methoxy groups -OCH3 is 1. The van der Waals surface area contributed by atoms with Crippen LogP contribution >= 0.6 is 0 Å². The molecule has 0 spiro atoms. The van der Waals surface area contributed by atoms with Crippen molar-refractivity contribution in [1.82, 2.24) is 4.90 Å². The van der Waals surface area contributed by atoms with Gasteiger partial charge in [-0.2, -0.15) is 15.8 Å². The van der Waals surface area contributed by atoms with Crippen molar-refractivity contribution in [2.75, 3.05) is 14.2 Å². The SMILES string of the molecule is COC(=O)c1ccc([C@@H]2[C@@H]3C(=CC4CCC3N4C)C(C#N)C(=N)C2(C#N)C#N)cc1. The number of fused-ring (bicyclic) bond motifs is 4. The predicted octanol–water partition coefficient (Wildman–Crippen LogP) is 2.78. The second-order valence-corrected chi connectivity index (χ2v) is 8.17. The van der Waals surface area contributed by atoms with Crippen LogP contribution in [0.4, 0.5) is 0 Å². The number of hydrogen-bond acceptors (Lipinski definition) is 7. The highest BCUT2D eigenvalue weighted by molar-refractivity contribution is 6.01. The second-order valence-electron chi connectivity index (χ2n) is 8.17. The molecule has 0 amide bonds. The zero-order valence-corrected chi connectivity index (χ0v) is 16.8. The van der Waals surface area contributed by atoms with Crippen molar-refractivity contribution >= 4 is 11.7 Å². The molecule has 1 saturated heterocycles. The topological polar surface area (TPSA) is 125 Å². The first-order valence-electron chi connectivity index (χ1n) is 9.86. The highest BCUT2D eigenvalue weighted by Crippen LogP contribution is 2.57. The van der Waals surface area contributed by atoms with Gasteiger partial charge in [0.05, 0.1) is 36.6 Å². The van der Waals surface area contributed by atoms with E-state index in [1.807, 2.05) is 7.05 Å². The van der Waals surface area contributed by atoms with Crippen molar-refractivity contribution in [2.24, 2.45) is 17.3 Å². The van der Waals surface area contributed by atoms with Gasteiger partial charge in [-0.1, -0.05) is 18.2 Å². The lowest BCUT2D eigenvalue weighted by molar-refractivity contribution is 0.0600. The molecule has 1 aromatic rings. The van der Waals surface area contributed by atoms with Crippen molar-refractivity contribution in [1.29, 1.82) is 21.2 Å². The summed E-state index contributed by atoms with van der Waals surface area (Å²) in [6, 6.07) is 13.4. The number of ether oxygens (including phenoxy) is 1. The Bertz CT molecular complexity index is 1050. The molecule has 1 aromatic carbocycles. The maximum Gasteiger partial charge on any atom is 0.337 e. The largest absolute Gasteiger partial charge is 0.465 e. The fourth-order valence-electron chi connectivity index (χ4n) is 5.54. The number of carbonyl (C=O) groups is 1. The molecule has 0 radical (unpaired) electrons. The van der Waals surface area contributed by atoms with Crippen LogP contribution < -0.4 is 0 Å². The number of rotatable bonds is 2. The van der Waals surface area contributed by atoms with Crippen molar-refractivity contribution in [3.8, 4) is 18.2 Å². The molecule has 150 valence electrons. The third-order valence-corrected chi connectivity index (χ3v) is 7.03. The second kappa shape index (κ2) is 7.10. The molecule has 2 aliphatic heterocycles. The van der Waals surface area contributed by atoms with Crippen LogP contribution in [0.1, 0.15) is 34.7 Å². The highest BCUT2D eigenvalue weighted by atomic mass is 16.5.